The van der Waals surface area contributed by atoms with Gasteiger partial charge in [0.15, 0.2) is 0 Å². The molecule has 218 valence electrons. The summed E-state index contributed by atoms with van der Waals surface area (Å²) in [7, 11) is 0. The molecule has 2 amide bonds. The minimum atomic E-state index is -0.181. The molecule has 2 aromatic carbocycles. The molecule has 0 saturated heterocycles. The first-order valence-corrected chi connectivity index (χ1v) is 13.3. The Morgan fingerprint density at radius 2 is 1.07 bits per heavy atom. The summed E-state index contributed by atoms with van der Waals surface area (Å²) in [6.07, 6.45) is 0.637. The molecule has 0 atom stereocenters. The first-order valence-electron chi connectivity index (χ1n) is 13.3. The van der Waals surface area contributed by atoms with Crippen LogP contribution in [0.4, 0.5) is 0 Å². The second-order valence-electron chi connectivity index (χ2n) is 8.79. The van der Waals surface area contributed by atoms with Crippen molar-refractivity contribution in [3.8, 4) is 11.1 Å². The minimum absolute atomic E-state index is 0.181. The fourth-order valence-electron chi connectivity index (χ4n) is 4.11. The lowest BCUT2D eigenvalue weighted by atomic mass is 10.0. The lowest BCUT2D eigenvalue weighted by Gasteiger charge is -2.09. The Labute approximate surface area is 237 Å². The first-order chi connectivity index (χ1) is 20.1. The zero-order chi connectivity index (χ0) is 29.1. The highest BCUT2D eigenvalue weighted by molar-refractivity contribution is 5.97. The molecule has 41 heavy (non-hydrogen) atoms. The van der Waals surface area contributed by atoms with E-state index in [2.05, 4.69) is 30.7 Å². The summed E-state index contributed by atoms with van der Waals surface area (Å²) >= 11 is 0. The maximum Gasteiger partial charge on any atom is 0.251 e. The van der Waals surface area contributed by atoms with E-state index in [-0.39, 0.29) is 24.9 Å². The van der Waals surface area contributed by atoms with E-state index in [1.165, 1.54) is 0 Å². The maximum atomic E-state index is 12.6. The zero-order valence-corrected chi connectivity index (χ0v) is 22.8. The molecular formula is C27H34N8O6. The largest absolute Gasteiger partial charge is 0.379 e. The van der Waals surface area contributed by atoms with Crippen molar-refractivity contribution in [1.29, 1.82) is 0 Å². The van der Waals surface area contributed by atoms with Crippen LogP contribution >= 0.6 is 0 Å². The van der Waals surface area contributed by atoms with E-state index in [1.54, 1.807) is 12.1 Å². The Morgan fingerprint density at radius 3 is 1.49 bits per heavy atom. The van der Waals surface area contributed by atoms with Gasteiger partial charge in [-0.25, -0.2) is 0 Å². The predicted molar refractivity (Wildman–Crippen MR) is 151 cm³/mol. The fourth-order valence-corrected chi connectivity index (χ4v) is 4.11. The summed E-state index contributed by atoms with van der Waals surface area (Å²) in [5.74, 6) is -0.361. The third-order valence-corrected chi connectivity index (χ3v) is 6.01. The van der Waals surface area contributed by atoms with E-state index in [1.807, 2.05) is 24.3 Å². The predicted octanol–water partition coefficient (Wildman–Crippen LogP) is 3.40. The molecule has 2 N–H and O–H groups in total. The van der Waals surface area contributed by atoms with Crippen molar-refractivity contribution in [2.45, 2.75) is 6.42 Å². The molecule has 0 unspecified atom stereocenters. The van der Waals surface area contributed by atoms with Crippen molar-refractivity contribution in [3.63, 3.8) is 0 Å². The van der Waals surface area contributed by atoms with Crippen LogP contribution in [0.2, 0.25) is 0 Å². The van der Waals surface area contributed by atoms with Gasteiger partial charge in [-0.2, -0.15) is 0 Å². The normalized spacial score (nSPS) is 11.1. The van der Waals surface area contributed by atoms with Crippen LogP contribution < -0.4 is 10.6 Å². The van der Waals surface area contributed by atoms with Crippen molar-refractivity contribution < 1.29 is 28.5 Å². The summed E-state index contributed by atoms with van der Waals surface area (Å²) < 4.78 is 21.4. The zero-order valence-electron chi connectivity index (χ0n) is 22.8. The van der Waals surface area contributed by atoms with E-state index in [0.29, 0.717) is 83.5 Å². The molecule has 0 aromatic heterocycles. The van der Waals surface area contributed by atoms with E-state index < -0.39 is 0 Å². The Morgan fingerprint density at radius 1 is 0.659 bits per heavy atom. The summed E-state index contributed by atoms with van der Waals surface area (Å²) in [5, 5.41) is 12.5. The number of fused-ring (bicyclic) bond motifs is 3. The highest BCUT2D eigenvalue weighted by atomic mass is 16.5. The van der Waals surface area contributed by atoms with Crippen LogP contribution in [0.15, 0.2) is 46.6 Å². The number of nitrogens with one attached hydrogen (secondary N) is 2. The number of benzene rings is 2. The van der Waals surface area contributed by atoms with Gasteiger partial charge in [0.2, 0.25) is 0 Å². The molecule has 0 radical (unpaired) electrons. The summed E-state index contributed by atoms with van der Waals surface area (Å²) in [6.45, 7) is 4.24. The van der Waals surface area contributed by atoms with Crippen LogP contribution in [-0.4, -0.2) is 90.8 Å². The van der Waals surface area contributed by atoms with Crippen molar-refractivity contribution in [2.24, 2.45) is 10.2 Å². The van der Waals surface area contributed by atoms with Crippen LogP contribution in [0.25, 0.3) is 32.0 Å². The molecule has 2 aromatic rings. The topological polar surface area (TPSA) is 193 Å². The number of carbonyl (C=O) groups is 2. The molecule has 0 aliphatic heterocycles. The SMILES string of the molecule is [N-]=[N+]=NCCOCCOCCNC(=O)c1ccc2c(c1)Cc1cc(C(=O)NCCOCCOCCN=[N+]=[N-])ccc1-2. The van der Waals surface area contributed by atoms with Crippen molar-refractivity contribution in [3.05, 3.63) is 79.5 Å². The van der Waals surface area contributed by atoms with E-state index in [0.717, 1.165) is 22.3 Å². The molecular weight excluding hydrogens is 532 g/mol. The first kappa shape index (κ1) is 31.4. The van der Waals surface area contributed by atoms with Crippen LogP contribution in [-0.2, 0) is 25.4 Å². The summed E-state index contributed by atoms with van der Waals surface area (Å²) in [6, 6.07) is 11.3. The molecule has 0 bridgehead atoms. The molecule has 3 rings (SSSR count). The van der Waals surface area contributed by atoms with Gasteiger partial charge in [-0.3, -0.25) is 9.59 Å². The van der Waals surface area contributed by atoms with Crippen LogP contribution in [0.5, 0.6) is 0 Å². The summed E-state index contributed by atoms with van der Waals surface area (Å²) in [4.78, 5) is 30.5. The van der Waals surface area contributed by atoms with Crippen molar-refractivity contribution in [1.82, 2.24) is 10.6 Å². The smallest absolute Gasteiger partial charge is 0.251 e. The van der Waals surface area contributed by atoms with Gasteiger partial charge in [0.25, 0.3) is 11.8 Å². The maximum absolute atomic E-state index is 12.6. The Kier molecular flexibility index (Phi) is 14.0. The van der Waals surface area contributed by atoms with Crippen LogP contribution in [0, 0.1) is 0 Å². The standard InChI is InChI=1S/C27H34N8O6/c28-34-32-7-11-40-15-13-38-9-5-30-26(36)20-1-3-24-22(17-20)19-23-18-21(2-4-25(23)24)27(37)31-6-10-39-14-16-41-12-8-33-35-29/h1-4,17-18H,5-16,19H2,(H,30,36)(H,31,37). The average Bonchev–Trinajstić information content (AvgIpc) is 3.36. The van der Waals surface area contributed by atoms with E-state index in [9.17, 15) is 9.59 Å². The number of azide groups is 2. The Bertz CT molecular complexity index is 1160. The third kappa shape index (κ3) is 10.7. The quantitative estimate of drug-likeness (QED) is 0.0910. The lowest BCUT2D eigenvalue weighted by Crippen LogP contribution is -2.27. The van der Waals surface area contributed by atoms with Gasteiger partial charge in [-0.15, -0.1) is 0 Å². The third-order valence-electron chi connectivity index (χ3n) is 6.01. The summed E-state index contributed by atoms with van der Waals surface area (Å²) in [5.41, 5.74) is 21.7. The van der Waals surface area contributed by atoms with Crippen molar-refractivity contribution in [2.75, 3.05) is 79.0 Å². The number of carbonyl (C=O) groups excluding carboxylic acids is 2. The van der Waals surface area contributed by atoms with Gasteiger partial charge in [-0.1, -0.05) is 22.4 Å². The number of nitrogens with zero attached hydrogens (tertiary/aromatic N) is 6. The number of rotatable bonds is 20. The van der Waals surface area contributed by atoms with Gasteiger partial charge in [0.05, 0.1) is 52.9 Å². The molecule has 1 aliphatic rings. The second kappa shape index (κ2) is 18.2. The van der Waals surface area contributed by atoms with Crippen LogP contribution in [0.3, 0.4) is 0 Å². The number of hydrogen-bond donors (Lipinski definition) is 2. The minimum Gasteiger partial charge on any atom is -0.379 e. The van der Waals surface area contributed by atoms with Crippen molar-refractivity contribution >= 4 is 11.8 Å². The Balaban J connectivity index is 1.36. The molecule has 1 aliphatic carbocycles. The number of hydrogen-bond acceptors (Lipinski definition) is 8. The average molecular weight is 567 g/mol. The highest BCUT2D eigenvalue weighted by Gasteiger charge is 2.21. The molecule has 0 heterocycles. The second-order valence-corrected chi connectivity index (χ2v) is 8.79. The highest BCUT2D eigenvalue weighted by Crippen LogP contribution is 2.37. The van der Waals surface area contributed by atoms with Gasteiger partial charge >= 0.3 is 0 Å². The fraction of sp³-hybridized carbons (Fsp3) is 0.481. The number of ether oxygens (including phenoxy) is 4. The van der Waals surface area contributed by atoms with Gasteiger partial charge in [0, 0.05) is 47.1 Å². The Hall–Kier alpha value is -4.16. The molecule has 0 spiro atoms. The molecule has 0 saturated carbocycles. The van der Waals surface area contributed by atoms with E-state index >= 15 is 0 Å². The molecule has 14 heteroatoms. The van der Waals surface area contributed by atoms with Crippen LogP contribution in [0.1, 0.15) is 31.8 Å². The van der Waals surface area contributed by atoms with Gasteiger partial charge in [-0.05, 0) is 64.0 Å². The molecule has 0 fully saturated rings. The van der Waals surface area contributed by atoms with Gasteiger partial charge < -0.3 is 29.6 Å². The number of amides is 2. The van der Waals surface area contributed by atoms with E-state index in [4.69, 9.17) is 30.0 Å². The monoisotopic (exact) mass is 566 g/mol. The molecule has 14 nitrogen and oxygen atoms in total. The van der Waals surface area contributed by atoms with Gasteiger partial charge in [0.1, 0.15) is 0 Å². The lowest BCUT2D eigenvalue weighted by molar-refractivity contribution is 0.0511.